The third-order valence-corrected chi connectivity index (χ3v) is 2.55. The highest BCUT2D eigenvalue weighted by molar-refractivity contribution is 5.98. The number of hydrogen-bond donors (Lipinski definition) is 1. The van der Waals surface area contributed by atoms with Crippen LogP contribution in [0.4, 0.5) is 5.69 Å². The first-order valence-electron chi connectivity index (χ1n) is 4.77. The summed E-state index contributed by atoms with van der Waals surface area (Å²) < 4.78 is 4.93. The number of nitro groups is 1. The molecule has 1 aromatic rings. The molecule has 0 atom stereocenters. The normalized spacial score (nSPS) is 13.9. The minimum Gasteiger partial charge on any atom is -0.490 e. The molecule has 0 aromatic heterocycles. The highest BCUT2D eigenvalue weighted by Crippen LogP contribution is 2.34. The topological polar surface area (TPSA) is 81.5 Å². The molecule has 2 rings (SSSR count). The smallest absolute Gasteiger partial charge is 0.314 e. The molecule has 0 saturated carbocycles. The maximum atomic E-state index is 11.5. The van der Waals surface area contributed by atoms with Gasteiger partial charge in [0.2, 0.25) is 0 Å². The lowest BCUT2D eigenvalue weighted by molar-refractivity contribution is -0.386. The number of nitrogens with one attached hydrogen (secondary N) is 1. The van der Waals surface area contributed by atoms with Crippen LogP contribution in [0, 0.1) is 10.1 Å². The number of nitrogens with zero attached hydrogens (tertiary/aromatic N) is 1. The van der Waals surface area contributed by atoms with Crippen molar-refractivity contribution in [1.29, 1.82) is 0 Å². The lowest BCUT2D eigenvalue weighted by Crippen LogP contribution is -2.32. The summed E-state index contributed by atoms with van der Waals surface area (Å²) in [6, 6.07) is 3.00. The SMILES string of the molecule is COc1ccc2c(c1[N+](=O)[O-])CCNC2=O. The van der Waals surface area contributed by atoms with Crippen molar-refractivity contribution in [2.75, 3.05) is 13.7 Å². The highest BCUT2D eigenvalue weighted by atomic mass is 16.6. The Bertz CT molecular complexity index is 470. The van der Waals surface area contributed by atoms with Crippen LogP contribution in [-0.4, -0.2) is 24.5 Å². The van der Waals surface area contributed by atoms with Gasteiger partial charge < -0.3 is 10.1 Å². The molecule has 1 N–H and O–H groups in total. The van der Waals surface area contributed by atoms with Gasteiger partial charge >= 0.3 is 5.69 Å². The van der Waals surface area contributed by atoms with Crippen molar-refractivity contribution in [2.24, 2.45) is 0 Å². The van der Waals surface area contributed by atoms with Crippen molar-refractivity contribution in [2.45, 2.75) is 6.42 Å². The van der Waals surface area contributed by atoms with E-state index in [-0.39, 0.29) is 17.3 Å². The van der Waals surface area contributed by atoms with Gasteiger partial charge in [0.15, 0.2) is 5.75 Å². The zero-order valence-electron chi connectivity index (χ0n) is 8.65. The minimum absolute atomic E-state index is 0.102. The Morgan fingerprint density at radius 1 is 1.50 bits per heavy atom. The Balaban J connectivity index is 2.67. The Labute approximate surface area is 91.4 Å². The van der Waals surface area contributed by atoms with E-state index in [0.29, 0.717) is 24.1 Å². The van der Waals surface area contributed by atoms with E-state index < -0.39 is 4.92 Å². The third kappa shape index (κ3) is 1.48. The number of hydrogen-bond acceptors (Lipinski definition) is 4. The molecule has 1 heterocycles. The van der Waals surface area contributed by atoms with E-state index in [1.807, 2.05) is 0 Å². The van der Waals surface area contributed by atoms with Crippen molar-refractivity contribution in [3.63, 3.8) is 0 Å². The number of nitro benzene ring substituents is 1. The van der Waals surface area contributed by atoms with Crippen LogP contribution in [0.5, 0.6) is 5.75 Å². The first kappa shape index (κ1) is 10.4. The fraction of sp³-hybridized carbons (Fsp3) is 0.300. The number of benzene rings is 1. The first-order chi connectivity index (χ1) is 7.65. The first-order valence-corrected chi connectivity index (χ1v) is 4.77. The second-order valence-corrected chi connectivity index (χ2v) is 3.41. The molecular formula is C10H10N2O4. The second-order valence-electron chi connectivity index (χ2n) is 3.41. The van der Waals surface area contributed by atoms with Gasteiger partial charge in [0, 0.05) is 17.7 Å². The predicted molar refractivity (Wildman–Crippen MR) is 55.7 cm³/mol. The summed E-state index contributed by atoms with van der Waals surface area (Å²) in [4.78, 5) is 21.9. The van der Waals surface area contributed by atoms with Crippen LogP contribution in [0.2, 0.25) is 0 Å². The third-order valence-electron chi connectivity index (χ3n) is 2.55. The Morgan fingerprint density at radius 2 is 2.25 bits per heavy atom. The van der Waals surface area contributed by atoms with Gasteiger partial charge in [-0.05, 0) is 18.6 Å². The van der Waals surface area contributed by atoms with Gasteiger partial charge in [-0.2, -0.15) is 0 Å². The largest absolute Gasteiger partial charge is 0.490 e. The monoisotopic (exact) mass is 222 g/mol. The Kier molecular flexibility index (Phi) is 2.47. The zero-order valence-corrected chi connectivity index (χ0v) is 8.65. The van der Waals surface area contributed by atoms with Gasteiger partial charge in [0.1, 0.15) is 0 Å². The Hall–Kier alpha value is -2.11. The summed E-state index contributed by atoms with van der Waals surface area (Å²) in [5.41, 5.74) is 0.710. The van der Waals surface area contributed by atoms with Crippen molar-refractivity contribution in [3.8, 4) is 5.75 Å². The van der Waals surface area contributed by atoms with Gasteiger partial charge in [-0.15, -0.1) is 0 Å². The average molecular weight is 222 g/mol. The van der Waals surface area contributed by atoms with Crippen LogP contribution in [0.15, 0.2) is 12.1 Å². The molecule has 16 heavy (non-hydrogen) atoms. The van der Waals surface area contributed by atoms with E-state index in [0.717, 1.165) is 0 Å². The van der Waals surface area contributed by atoms with E-state index in [1.54, 1.807) is 6.07 Å². The van der Waals surface area contributed by atoms with E-state index in [2.05, 4.69) is 5.32 Å². The molecule has 0 spiro atoms. The average Bonchev–Trinajstić information content (AvgIpc) is 2.27. The van der Waals surface area contributed by atoms with Crippen LogP contribution in [0.25, 0.3) is 0 Å². The quantitative estimate of drug-likeness (QED) is 0.595. The molecule has 1 amide bonds. The van der Waals surface area contributed by atoms with E-state index >= 15 is 0 Å². The van der Waals surface area contributed by atoms with Crippen LogP contribution in [0.3, 0.4) is 0 Å². The van der Waals surface area contributed by atoms with Crippen LogP contribution >= 0.6 is 0 Å². The van der Waals surface area contributed by atoms with Crippen LogP contribution < -0.4 is 10.1 Å². The maximum absolute atomic E-state index is 11.5. The fourth-order valence-corrected chi connectivity index (χ4v) is 1.84. The number of rotatable bonds is 2. The molecule has 0 radical (unpaired) electrons. The summed E-state index contributed by atoms with van der Waals surface area (Å²) in [6.07, 6.45) is 0.453. The number of fused-ring (bicyclic) bond motifs is 1. The van der Waals surface area contributed by atoms with Crippen molar-refractivity contribution in [3.05, 3.63) is 33.4 Å². The lowest BCUT2D eigenvalue weighted by Gasteiger charge is -2.17. The molecule has 0 fully saturated rings. The van der Waals surface area contributed by atoms with Crippen molar-refractivity contribution in [1.82, 2.24) is 5.32 Å². The number of amides is 1. The molecule has 1 aliphatic heterocycles. The van der Waals surface area contributed by atoms with Crippen molar-refractivity contribution >= 4 is 11.6 Å². The molecule has 0 unspecified atom stereocenters. The van der Waals surface area contributed by atoms with Gasteiger partial charge in [-0.25, -0.2) is 0 Å². The number of carbonyl (C=O) groups excluding carboxylic acids is 1. The summed E-state index contributed by atoms with van der Waals surface area (Å²) in [5, 5.41) is 13.6. The predicted octanol–water partition coefficient (Wildman–Crippen LogP) is 0.889. The molecular weight excluding hydrogens is 212 g/mol. The van der Waals surface area contributed by atoms with E-state index in [1.165, 1.54) is 13.2 Å². The molecule has 6 nitrogen and oxygen atoms in total. The maximum Gasteiger partial charge on any atom is 0.314 e. The lowest BCUT2D eigenvalue weighted by atomic mass is 9.98. The summed E-state index contributed by atoms with van der Waals surface area (Å²) in [7, 11) is 1.37. The second kappa shape index (κ2) is 3.80. The van der Waals surface area contributed by atoms with Crippen LogP contribution in [-0.2, 0) is 6.42 Å². The number of methoxy groups -OCH3 is 1. The van der Waals surface area contributed by atoms with E-state index in [4.69, 9.17) is 4.74 Å². The van der Waals surface area contributed by atoms with Gasteiger partial charge in [0.25, 0.3) is 5.91 Å². The summed E-state index contributed by atoms with van der Waals surface area (Å²) >= 11 is 0. The summed E-state index contributed by atoms with van der Waals surface area (Å²) in [6.45, 7) is 0.417. The standard InChI is InChI=1S/C10H10N2O4/c1-16-8-3-2-7-6(9(8)12(14)15)4-5-11-10(7)13/h2-3H,4-5H2,1H3,(H,11,13). The molecule has 84 valence electrons. The fourth-order valence-electron chi connectivity index (χ4n) is 1.84. The highest BCUT2D eigenvalue weighted by Gasteiger charge is 2.28. The van der Waals surface area contributed by atoms with E-state index in [9.17, 15) is 14.9 Å². The van der Waals surface area contributed by atoms with Gasteiger partial charge in [0.05, 0.1) is 12.0 Å². The number of carbonyl (C=O) groups is 1. The molecule has 1 aromatic carbocycles. The molecule has 0 aliphatic carbocycles. The van der Waals surface area contributed by atoms with Gasteiger partial charge in [-0.3, -0.25) is 14.9 Å². The molecule has 0 bridgehead atoms. The van der Waals surface area contributed by atoms with Gasteiger partial charge in [-0.1, -0.05) is 0 Å². The van der Waals surface area contributed by atoms with Crippen molar-refractivity contribution < 1.29 is 14.5 Å². The zero-order chi connectivity index (χ0) is 11.7. The molecule has 6 heteroatoms. The molecule has 1 aliphatic rings. The number of ether oxygens (including phenoxy) is 1. The minimum atomic E-state index is -0.504. The Morgan fingerprint density at radius 3 is 2.88 bits per heavy atom. The summed E-state index contributed by atoms with van der Waals surface area (Å²) in [5.74, 6) is -0.0783. The molecule has 0 saturated heterocycles. The van der Waals surface area contributed by atoms with Crippen LogP contribution in [0.1, 0.15) is 15.9 Å².